The summed E-state index contributed by atoms with van der Waals surface area (Å²) in [6.45, 7) is 10.1. The van der Waals surface area contributed by atoms with Gasteiger partial charge in [-0.2, -0.15) is 0 Å². The van der Waals surface area contributed by atoms with Crippen molar-refractivity contribution in [2.45, 2.75) is 40.2 Å². The predicted octanol–water partition coefficient (Wildman–Crippen LogP) is 3.51. The molecule has 0 spiro atoms. The van der Waals surface area contributed by atoms with Gasteiger partial charge in [-0.15, -0.1) is 11.3 Å². The van der Waals surface area contributed by atoms with Gasteiger partial charge in [-0.25, -0.2) is 0 Å². The number of ether oxygens (including phenoxy) is 1. The fourth-order valence-electron chi connectivity index (χ4n) is 1.47. The Morgan fingerprint density at radius 3 is 2.56 bits per heavy atom. The van der Waals surface area contributed by atoms with E-state index in [0.29, 0.717) is 12.0 Å². The minimum Gasteiger partial charge on any atom is -0.371 e. The zero-order valence-corrected chi connectivity index (χ0v) is 11.6. The first-order valence-electron chi connectivity index (χ1n) is 5.79. The van der Waals surface area contributed by atoms with Crippen molar-refractivity contribution in [3.05, 3.63) is 21.9 Å². The lowest BCUT2D eigenvalue weighted by molar-refractivity contribution is 0.0440. The maximum absolute atomic E-state index is 5.88. The molecule has 0 saturated carbocycles. The van der Waals surface area contributed by atoms with Gasteiger partial charge in [-0.1, -0.05) is 20.8 Å². The predicted molar refractivity (Wildman–Crippen MR) is 70.9 cm³/mol. The molecule has 92 valence electrons. The molecule has 3 heteroatoms. The van der Waals surface area contributed by atoms with Crippen molar-refractivity contribution in [3.63, 3.8) is 0 Å². The van der Waals surface area contributed by atoms with Gasteiger partial charge in [0.15, 0.2) is 0 Å². The summed E-state index contributed by atoms with van der Waals surface area (Å²) in [4.78, 5) is 1.27. The Kier molecular flexibility index (Phi) is 4.96. The van der Waals surface area contributed by atoms with E-state index in [1.54, 1.807) is 11.3 Å². The standard InChI is InChI=1S/C13H23NOS/c1-10-5-8-16-12(10)11(9-14)15-7-6-13(2,3)4/h5,8,11H,6-7,9,14H2,1-4H3. The molecule has 1 rings (SSSR count). The smallest absolute Gasteiger partial charge is 0.104 e. The van der Waals surface area contributed by atoms with Crippen LogP contribution in [0.4, 0.5) is 0 Å². The fourth-order valence-corrected chi connectivity index (χ4v) is 2.46. The summed E-state index contributed by atoms with van der Waals surface area (Å²) in [5, 5.41) is 2.10. The van der Waals surface area contributed by atoms with Crippen molar-refractivity contribution in [2.75, 3.05) is 13.2 Å². The normalized spacial score (nSPS) is 14.1. The Morgan fingerprint density at radius 1 is 1.44 bits per heavy atom. The van der Waals surface area contributed by atoms with Crippen LogP contribution in [0.1, 0.15) is 43.7 Å². The van der Waals surface area contributed by atoms with Gasteiger partial charge < -0.3 is 10.5 Å². The number of hydrogen-bond acceptors (Lipinski definition) is 3. The van der Waals surface area contributed by atoms with Crippen LogP contribution in [0.5, 0.6) is 0 Å². The molecule has 1 aromatic heterocycles. The Hall–Kier alpha value is -0.380. The molecule has 16 heavy (non-hydrogen) atoms. The summed E-state index contributed by atoms with van der Waals surface area (Å²) < 4.78 is 5.88. The molecule has 0 amide bonds. The van der Waals surface area contributed by atoms with Crippen molar-refractivity contribution in [2.24, 2.45) is 11.1 Å². The highest BCUT2D eigenvalue weighted by molar-refractivity contribution is 7.10. The van der Waals surface area contributed by atoms with Crippen LogP contribution >= 0.6 is 11.3 Å². The van der Waals surface area contributed by atoms with Crippen LogP contribution < -0.4 is 5.73 Å². The summed E-state index contributed by atoms with van der Waals surface area (Å²) in [7, 11) is 0. The first kappa shape index (κ1) is 13.7. The maximum atomic E-state index is 5.88. The number of rotatable bonds is 5. The number of nitrogens with two attached hydrogens (primary N) is 1. The van der Waals surface area contributed by atoms with Crippen molar-refractivity contribution in [1.82, 2.24) is 0 Å². The molecule has 0 aliphatic heterocycles. The number of hydrogen-bond donors (Lipinski definition) is 1. The van der Waals surface area contributed by atoms with Crippen LogP contribution in [0.15, 0.2) is 11.4 Å². The topological polar surface area (TPSA) is 35.2 Å². The molecule has 0 aliphatic carbocycles. The zero-order valence-electron chi connectivity index (χ0n) is 10.7. The molecule has 0 aromatic carbocycles. The highest BCUT2D eigenvalue weighted by Crippen LogP contribution is 2.27. The lowest BCUT2D eigenvalue weighted by Gasteiger charge is -2.21. The Morgan fingerprint density at radius 2 is 2.12 bits per heavy atom. The molecule has 1 heterocycles. The van der Waals surface area contributed by atoms with Crippen LogP contribution in [0.2, 0.25) is 0 Å². The Labute approximate surface area is 103 Å². The minimum atomic E-state index is 0.0716. The average Bonchev–Trinajstić information content (AvgIpc) is 2.58. The van der Waals surface area contributed by atoms with Gasteiger partial charge in [0.05, 0.1) is 0 Å². The summed E-state index contributed by atoms with van der Waals surface area (Å²) in [5.41, 5.74) is 7.38. The molecular weight excluding hydrogens is 218 g/mol. The second kappa shape index (κ2) is 5.80. The third-order valence-electron chi connectivity index (χ3n) is 2.58. The fraction of sp³-hybridized carbons (Fsp3) is 0.692. The van der Waals surface area contributed by atoms with Crippen LogP contribution in [0, 0.1) is 12.3 Å². The number of aryl methyl sites for hydroxylation is 1. The molecule has 1 atom stereocenters. The van der Waals surface area contributed by atoms with E-state index in [-0.39, 0.29) is 6.10 Å². The quantitative estimate of drug-likeness (QED) is 0.856. The van der Waals surface area contributed by atoms with E-state index >= 15 is 0 Å². The van der Waals surface area contributed by atoms with Crippen LogP contribution in [0.3, 0.4) is 0 Å². The Balaban J connectivity index is 2.48. The Bertz CT molecular complexity index is 314. The SMILES string of the molecule is Cc1ccsc1C(CN)OCCC(C)(C)C. The molecule has 2 N–H and O–H groups in total. The van der Waals surface area contributed by atoms with Gasteiger partial charge in [-0.3, -0.25) is 0 Å². The van der Waals surface area contributed by atoms with Crippen molar-refractivity contribution >= 4 is 11.3 Å². The van der Waals surface area contributed by atoms with Crippen LogP contribution in [-0.2, 0) is 4.74 Å². The highest BCUT2D eigenvalue weighted by Gasteiger charge is 2.16. The molecule has 0 aliphatic rings. The summed E-state index contributed by atoms with van der Waals surface area (Å²) >= 11 is 1.74. The molecule has 0 fully saturated rings. The maximum Gasteiger partial charge on any atom is 0.104 e. The molecule has 2 nitrogen and oxygen atoms in total. The zero-order chi connectivity index (χ0) is 12.2. The van der Waals surface area contributed by atoms with Crippen molar-refractivity contribution in [1.29, 1.82) is 0 Å². The van der Waals surface area contributed by atoms with Gasteiger partial charge in [0, 0.05) is 18.0 Å². The summed E-state index contributed by atoms with van der Waals surface area (Å²) in [5.74, 6) is 0. The van der Waals surface area contributed by atoms with Crippen molar-refractivity contribution in [3.8, 4) is 0 Å². The van der Waals surface area contributed by atoms with Gasteiger partial charge >= 0.3 is 0 Å². The molecule has 1 aromatic rings. The third kappa shape index (κ3) is 4.24. The first-order valence-corrected chi connectivity index (χ1v) is 6.67. The largest absolute Gasteiger partial charge is 0.371 e. The van der Waals surface area contributed by atoms with Crippen LogP contribution in [-0.4, -0.2) is 13.2 Å². The highest BCUT2D eigenvalue weighted by atomic mass is 32.1. The lowest BCUT2D eigenvalue weighted by Crippen LogP contribution is -2.18. The second-order valence-corrected chi connectivity index (χ2v) is 6.32. The lowest BCUT2D eigenvalue weighted by atomic mass is 9.93. The summed E-state index contributed by atoms with van der Waals surface area (Å²) in [6, 6.07) is 2.12. The number of thiophene rings is 1. The molecule has 1 unspecified atom stereocenters. The minimum absolute atomic E-state index is 0.0716. The van der Waals surface area contributed by atoms with E-state index in [2.05, 4.69) is 39.1 Å². The first-order chi connectivity index (χ1) is 7.44. The van der Waals surface area contributed by atoms with Crippen LogP contribution in [0.25, 0.3) is 0 Å². The third-order valence-corrected chi connectivity index (χ3v) is 3.69. The van der Waals surface area contributed by atoms with E-state index in [1.165, 1.54) is 10.4 Å². The van der Waals surface area contributed by atoms with Gasteiger partial charge in [0.2, 0.25) is 0 Å². The second-order valence-electron chi connectivity index (χ2n) is 5.37. The van der Waals surface area contributed by atoms with E-state index < -0.39 is 0 Å². The van der Waals surface area contributed by atoms with Gasteiger partial charge in [-0.05, 0) is 35.8 Å². The molecule has 0 saturated heterocycles. The van der Waals surface area contributed by atoms with E-state index in [9.17, 15) is 0 Å². The molecule has 0 radical (unpaired) electrons. The molecule has 0 bridgehead atoms. The van der Waals surface area contributed by atoms with E-state index in [4.69, 9.17) is 10.5 Å². The average molecular weight is 241 g/mol. The van der Waals surface area contributed by atoms with E-state index in [0.717, 1.165) is 13.0 Å². The monoisotopic (exact) mass is 241 g/mol. The van der Waals surface area contributed by atoms with Gasteiger partial charge in [0.1, 0.15) is 6.10 Å². The summed E-state index contributed by atoms with van der Waals surface area (Å²) in [6.07, 6.45) is 1.14. The van der Waals surface area contributed by atoms with Gasteiger partial charge in [0.25, 0.3) is 0 Å². The van der Waals surface area contributed by atoms with Crippen molar-refractivity contribution < 1.29 is 4.74 Å². The molecular formula is C13H23NOS. The van der Waals surface area contributed by atoms with E-state index in [1.807, 2.05) is 0 Å².